The fourth-order valence-corrected chi connectivity index (χ4v) is 2.81. The van der Waals surface area contributed by atoms with Crippen molar-refractivity contribution in [2.45, 2.75) is 32.2 Å². The molecule has 0 unspecified atom stereocenters. The second-order valence-corrected chi connectivity index (χ2v) is 5.07. The summed E-state index contributed by atoms with van der Waals surface area (Å²) in [5.74, 6) is 0. The summed E-state index contributed by atoms with van der Waals surface area (Å²) < 4.78 is 1.84. The fourth-order valence-electron chi connectivity index (χ4n) is 2.81. The molecule has 94 valence electrons. The van der Waals surface area contributed by atoms with Crippen molar-refractivity contribution in [1.82, 2.24) is 9.78 Å². The normalized spacial score (nSPS) is 14.6. The highest BCUT2D eigenvalue weighted by Crippen LogP contribution is 2.28. The van der Waals surface area contributed by atoms with Gasteiger partial charge in [0, 0.05) is 30.9 Å². The Morgan fingerprint density at radius 1 is 1.22 bits per heavy atom. The summed E-state index contributed by atoms with van der Waals surface area (Å²) in [5, 5.41) is 4.54. The lowest BCUT2D eigenvalue weighted by molar-refractivity contribution is 0.686. The predicted molar refractivity (Wildman–Crippen MR) is 73.2 cm³/mol. The molecule has 0 spiro atoms. The summed E-state index contributed by atoms with van der Waals surface area (Å²) in [4.78, 5) is 0. The molecule has 1 aromatic heterocycles. The maximum absolute atomic E-state index is 5.79. The molecule has 2 N–H and O–H groups in total. The third-order valence-corrected chi connectivity index (χ3v) is 3.75. The number of nitrogens with two attached hydrogens (primary N) is 1. The van der Waals surface area contributed by atoms with Gasteiger partial charge in [0.25, 0.3) is 0 Å². The number of hydrogen-bond acceptors (Lipinski definition) is 2. The van der Waals surface area contributed by atoms with Crippen LogP contribution in [0.15, 0.2) is 24.4 Å². The number of hydrogen-bond donors (Lipinski definition) is 1. The van der Waals surface area contributed by atoms with E-state index < -0.39 is 0 Å². The van der Waals surface area contributed by atoms with Crippen LogP contribution in [-0.2, 0) is 26.4 Å². The Hall–Kier alpha value is -1.61. The molecule has 1 heterocycles. The summed E-state index contributed by atoms with van der Waals surface area (Å²) >= 11 is 0. The lowest BCUT2D eigenvalue weighted by Crippen LogP contribution is -2.03. The van der Waals surface area contributed by atoms with Crippen molar-refractivity contribution in [3.8, 4) is 11.3 Å². The Morgan fingerprint density at radius 3 is 2.78 bits per heavy atom. The highest BCUT2D eigenvalue weighted by molar-refractivity contribution is 5.64. The van der Waals surface area contributed by atoms with Crippen LogP contribution in [-0.4, -0.2) is 9.78 Å². The topological polar surface area (TPSA) is 43.8 Å². The van der Waals surface area contributed by atoms with E-state index in [0.717, 1.165) is 11.3 Å². The maximum atomic E-state index is 5.79. The summed E-state index contributed by atoms with van der Waals surface area (Å²) in [6, 6.07) is 6.75. The van der Waals surface area contributed by atoms with Crippen LogP contribution in [0.2, 0.25) is 0 Å². The number of aromatic nitrogens is 2. The van der Waals surface area contributed by atoms with Gasteiger partial charge >= 0.3 is 0 Å². The van der Waals surface area contributed by atoms with Crippen LogP contribution in [0.4, 0.5) is 0 Å². The number of nitrogens with zero attached hydrogens (tertiary/aromatic N) is 2. The van der Waals surface area contributed by atoms with Gasteiger partial charge in [0.2, 0.25) is 0 Å². The van der Waals surface area contributed by atoms with Crippen molar-refractivity contribution < 1.29 is 0 Å². The Labute approximate surface area is 108 Å². The second kappa shape index (κ2) is 4.58. The summed E-state index contributed by atoms with van der Waals surface area (Å²) in [6.07, 6.45) is 7.07. The van der Waals surface area contributed by atoms with Gasteiger partial charge < -0.3 is 5.73 Å². The second-order valence-electron chi connectivity index (χ2n) is 5.07. The molecule has 3 heteroatoms. The molecule has 0 radical (unpaired) electrons. The van der Waals surface area contributed by atoms with E-state index >= 15 is 0 Å². The lowest BCUT2D eigenvalue weighted by atomic mass is 9.89. The number of rotatable bonds is 2. The maximum Gasteiger partial charge on any atom is 0.0968 e. The van der Waals surface area contributed by atoms with Gasteiger partial charge in [-0.05, 0) is 42.9 Å². The quantitative estimate of drug-likeness (QED) is 0.877. The van der Waals surface area contributed by atoms with E-state index in [1.807, 2.05) is 17.9 Å². The van der Waals surface area contributed by atoms with Gasteiger partial charge in [-0.15, -0.1) is 0 Å². The Morgan fingerprint density at radius 2 is 2.00 bits per heavy atom. The van der Waals surface area contributed by atoms with Crippen LogP contribution in [0.5, 0.6) is 0 Å². The predicted octanol–water partition coefficient (Wildman–Crippen LogP) is 2.42. The van der Waals surface area contributed by atoms with Gasteiger partial charge in [-0.1, -0.05) is 12.1 Å². The Kier molecular flexibility index (Phi) is 2.92. The van der Waals surface area contributed by atoms with Crippen molar-refractivity contribution >= 4 is 0 Å². The van der Waals surface area contributed by atoms with Crippen LogP contribution in [0.3, 0.4) is 0 Å². The van der Waals surface area contributed by atoms with Gasteiger partial charge in [0.1, 0.15) is 0 Å². The molecule has 0 atom stereocenters. The van der Waals surface area contributed by atoms with E-state index in [1.54, 1.807) is 0 Å². The van der Waals surface area contributed by atoms with E-state index in [0.29, 0.717) is 6.54 Å². The largest absolute Gasteiger partial charge is 0.326 e. The van der Waals surface area contributed by atoms with Crippen LogP contribution in [0.1, 0.15) is 29.5 Å². The van der Waals surface area contributed by atoms with E-state index in [1.165, 1.54) is 42.4 Å². The highest BCUT2D eigenvalue weighted by atomic mass is 15.3. The fraction of sp³-hybridized carbons (Fsp3) is 0.400. The highest BCUT2D eigenvalue weighted by Gasteiger charge is 2.13. The molecule has 2 aromatic rings. The minimum atomic E-state index is 0.542. The van der Waals surface area contributed by atoms with E-state index in [4.69, 9.17) is 5.73 Å². The van der Waals surface area contributed by atoms with Crippen LogP contribution < -0.4 is 5.73 Å². The van der Waals surface area contributed by atoms with Gasteiger partial charge in [-0.25, -0.2) is 0 Å². The molecule has 18 heavy (non-hydrogen) atoms. The van der Waals surface area contributed by atoms with Crippen molar-refractivity contribution in [3.63, 3.8) is 0 Å². The monoisotopic (exact) mass is 241 g/mol. The van der Waals surface area contributed by atoms with Crippen LogP contribution >= 0.6 is 0 Å². The van der Waals surface area contributed by atoms with Crippen LogP contribution in [0.25, 0.3) is 11.3 Å². The summed E-state index contributed by atoms with van der Waals surface area (Å²) in [7, 11) is 1.95. The average molecular weight is 241 g/mol. The Bertz CT molecular complexity index is 569. The summed E-state index contributed by atoms with van der Waals surface area (Å²) in [5.41, 5.74) is 12.1. The minimum absolute atomic E-state index is 0.542. The van der Waals surface area contributed by atoms with Crippen molar-refractivity contribution in [3.05, 3.63) is 41.1 Å². The van der Waals surface area contributed by atoms with Gasteiger partial charge in [0.05, 0.1) is 5.69 Å². The van der Waals surface area contributed by atoms with Gasteiger partial charge in [0.15, 0.2) is 0 Å². The van der Waals surface area contributed by atoms with Crippen molar-refractivity contribution in [1.29, 1.82) is 0 Å². The molecule has 3 rings (SSSR count). The summed E-state index contributed by atoms with van der Waals surface area (Å²) in [6.45, 7) is 0.542. The third kappa shape index (κ3) is 1.95. The molecule has 0 amide bonds. The third-order valence-electron chi connectivity index (χ3n) is 3.75. The first-order valence-corrected chi connectivity index (χ1v) is 6.62. The first-order valence-electron chi connectivity index (χ1n) is 6.62. The zero-order chi connectivity index (χ0) is 12.5. The molecule has 1 aliphatic carbocycles. The molecule has 0 saturated heterocycles. The first-order chi connectivity index (χ1) is 8.78. The zero-order valence-corrected chi connectivity index (χ0v) is 10.8. The molecule has 3 nitrogen and oxygen atoms in total. The minimum Gasteiger partial charge on any atom is -0.326 e. The molecular formula is C15H19N3. The SMILES string of the molecule is Cn1cc(CN)c(-c2ccc3c(c2)CCCC3)n1. The van der Waals surface area contributed by atoms with Gasteiger partial charge in [-0.3, -0.25) is 4.68 Å². The van der Waals surface area contributed by atoms with Gasteiger partial charge in [-0.2, -0.15) is 5.10 Å². The molecule has 1 aliphatic rings. The standard InChI is InChI=1S/C15H19N3/c1-18-10-14(9-16)15(17-18)13-7-6-11-4-2-3-5-12(11)8-13/h6-8,10H,2-5,9,16H2,1H3. The molecule has 0 saturated carbocycles. The molecule has 0 aliphatic heterocycles. The average Bonchev–Trinajstić information content (AvgIpc) is 2.79. The van der Waals surface area contributed by atoms with Crippen molar-refractivity contribution in [2.24, 2.45) is 12.8 Å². The molecule has 0 bridgehead atoms. The lowest BCUT2D eigenvalue weighted by Gasteiger charge is -2.16. The smallest absolute Gasteiger partial charge is 0.0968 e. The van der Waals surface area contributed by atoms with Crippen molar-refractivity contribution in [2.75, 3.05) is 0 Å². The molecular weight excluding hydrogens is 222 g/mol. The first kappa shape index (κ1) is 11.5. The molecule has 1 aromatic carbocycles. The number of fused-ring (bicyclic) bond motifs is 1. The Balaban J connectivity index is 2.06. The van der Waals surface area contributed by atoms with E-state index in [9.17, 15) is 0 Å². The number of benzene rings is 1. The molecule has 0 fully saturated rings. The zero-order valence-electron chi connectivity index (χ0n) is 10.8. The van der Waals surface area contributed by atoms with E-state index in [-0.39, 0.29) is 0 Å². The van der Waals surface area contributed by atoms with E-state index in [2.05, 4.69) is 23.3 Å². The number of aryl methyl sites for hydroxylation is 3. The van der Waals surface area contributed by atoms with Crippen LogP contribution in [0, 0.1) is 0 Å².